The van der Waals surface area contributed by atoms with Gasteiger partial charge < -0.3 is 5.32 Å². The summed E-state index contributed by atoms with van der Waals surface area (Å²) in [5.41, 5.74) is 2.38. The minimum atomic E-state index is -1.20. The lowest BCUT2D eigenvalue weighted by atomic mass is 10.0. The second-order valence-electron chi connectivity index (χ2n) is 5.45. The molecule has 1 aliphatic rings. The van der Waals surface area contributed by atoms with Crippen LogP contribution in [0.15, 0.2) is 54.7 Å². The molecule has 1 heterocycles. The molecule has 0 fully saturated rings. The first kappa shape index (κ1) is 16.9. The van der Waals surface area contributed by atoms with Gasteiger partial charge in [-0.25, -0.2) is 8.78 Å². The van der Waals surface area contributed by atoms with Crippen molar-refractivity contribution < 1.29 is 13.6 Å². The molecular formula is C19H19F2NO. The third-order valence-electron chi connectivity index (χ3n) is 3.71. The van der Waals surface area contributed by atoms with Crippen LogP contribution in [-0.2, 0) is 4.79 Å². The highest BCUT2D eigenvalue weighted by Crippen LogP contribution is 2.34. The van der Waals surface area contributed by atoms with Gasteiger partial charge in [0.25, 0.3) is 5.91 Å². The summed E-state index contributed by atoms with van der Waals surface area (Å²) in [5.74, 6) is -0.709. The molecule has 4 heteroatoms. The van der Waals surface area contributed by atoms with E-state index < -0.39 is 6.17 Å². The topological polar surface area (TPSA) is 29.1 Å². The predicted molar refractivity (Wildman–Crippen MR) is 90.4 cm³/mol. The highest BCUT2D eigenvalue weighted by atomic mass is 19.1. The normalized spacial score (nSPS) is 17.5. The Balaban J connectivity index is 2.20. The molecular weight excluding hydrogens is 296 g/mol. The number of benzene rings is 1. The Morgan fingerprint density at radius 1 is 1.39 bits per heavy atom. The highest BCUT2D eigenvalue weighted by molar-refractivity contribution is 6.31. The van der Waals surface area contributed by atoms with Crippen molar-refractivity contribution in [1.82, 2.24) is 0 Å². The van der Waals surface area contributed by atoms with Crippen molar-refractivity contribution in [3.63, 3.8) is 0 Å². The SMILES string of the molecule is C=C/C=C\C=C(\C)C(F)C/C=C1/C(=O)Nc2cc(C)c(F)cc21. The van der Waals surface area contributed by atoms with E-state index >= 15 is 0 Å². The fraction of sp³-hybridized carbons (Fsp3) is 0.211. The molecule has 0 bridgehead atoms. The summed E-state index contributed by atoms with van der Waals surface area (Å²) in [6, 6.07) is 2.90. The van der Waals surface area contributed by atoms with Crippen LogP contribution >= 0.6 is 0 Å². The van der Waals surface area contributed by atoms with Crippen LogP contribution in [0.1, 0.15) is 24.5 Å². The molecule has 120 valence electrons. The first-order chi connectivity index (χ1) is 10.9. The lowest BCUT2D eigenvalue weighted by Crippen LogP contribution is -2.05. The molecule has 23 heavy (non-hydrogen) atoms. The molecule has 2 nitrogen and oxygen atoms in total. The van der Waals surface area contributed by atoms with Crippen LogP contribution in [-0.4, -0.2) is 12.1 Å². The summed E-state index contributed by atoms with van der Waals surface area (Å²) in [4.78, 5) is 12.0. The van der Waals surface area contributed by atoms with Crippen molar-refractivity contribution in [1.29, 1.82) is 0 Å². The van der Waals surface area contributed by atoms with Gasteiger partial charge in [0, 0.05) is 23.2 Å². The molecule has 1 atom stereocenters. The van der Waals surface area contributed by atoms with Crippen LogP contribution in [0.5, 0.6) is 0 Å². The zero-order valence-corrected chi connectivity index (χ0v) is 13.2. The lowest BCUT2D eigenvalue weighted by molar-refractivity contribution is -0.110. The van der Waals surface area contributed by atoms with Crippen molar-refractivity contribution in [2.24, 2.45) is 0 Å². The van der Waals surface area contributed by atoms with Gasteiger partial charge in [0.05, 0.1) is 0 Å². The smallest absolute Gasteiger partial charge is 0.256 e. The number of fused-ring (bicyclic) bond motifs is 1. The van der Waals surface area contributed by atoms with Gasteiger partial charge in [0.1, 0.15) is 12.0 Å². The van der Waals surface area contributed by atoms with Crippen LogP contribution in [0.3, 0.4) is 0 Å². The number of rotatable bonds is 5. The number of anilines is 1. The summed E-state index contributed by atoms with van der Waals surface area (Å²) in [7, 11) is 0. The number of halogens is 2. The lowest BCUT2D eigenvalue weighted by Gasteiger charge is -2.06. The quantitative estimate of drug-likeness (QED) is 0.608. The molecule has 0 saturated carbocycles. The number of nitrogens with one attached hydrogen (secondary N) is 1. The zero-order valence-electron chi connectivity index (χ0n) is 13.2. The van der Waals surface area contributed by atoms with Gasteiger partial charge in [0.2, 0.25) is 0 Å². The zero-order chi connectivity index (χ0) is 17.0. The maximum absolute atomic E-state index is 14.1. The van der Waals surface area contributed by atoms with Crippen LogP contribution in [0.4, 0.5) is 14.5 Å². The molecule has 1 aliphatic heterocycles. The van der Waals surface area contributed by atoms with E-state index in [4.69, 9.17) is 0 Å². The number of carbonyl (C=O) groups excluding carboxylic acids is 1. The second kappa shape index (κ2) is 7.18. The fourth-order valence-electron chi connectivity index (χ4n) is 2.32. The van der Waals surface area contributed by atoms with Crippen molar-refractivity contribution in [2.45, 2.75) is 26.4 Å². The Morgan fingerprint density at radius 3 is 2.83 bits per heavy atom. The Hall–Kier alpha value is -2.49. The van der Waals surface area contributed by atoms with E-state index in [1.165, 1.54) is 12.1 Å². The maximum Gasteiger partial charge on any atom is 0.256 e. The van der Waals surface area contributed by atoms with Crippen molar-refractivity contribution in [3.05, 3.63) is 71.6 Å². The third kappa shape index (κ3) is 3.83. The Kier molecular flexibility index (Phi) is 5.27. The molecule has 0 aromatic heterocycles. The van der Waals surface area contributed by atoms with E-state index in [1.807, 2.05) is 0 Å². The Morgan fingerprint density at radius 2 is 2.13 bits per heavy atom. The first-order valence-electron chi connectivity index (χ1n) is 7.36. The van der Waals surface area contributed by atoms with Crippen LogP contribution < -0.4 is 5.32 Å². The van der Waals surface area contributed by atoms with Gasteiger partial charge in [-0.15, -0.1) is 0 Å². The van der Waals surface area contributed by atoms with Crippen molar-refractivity contribution >= 4 is 17.2 Å². The number of amides is 1. The van der Waals surface area contributed by atoms with E-state index in [9.17, 15) is 13.6 Å². The number of carbonyl (C=O) groups is 1. The van der Waals surface area contributed by atoms with Crippen LogP contribution in [0.2, 0.25) is 0 Å². The summed E-state index contributed by atoms with van der Waals surface area (Å²) in [6.45, 7) is 6.85. The highest BCUT2D eigenvalue weighted by Gasteiger charge is 2.25. The van der Waals surface area contributed by atoms with Gasteiger partial charge in [-0.1, -0.05) is 37.0 Å². The standard InChI is InChI=1S/C19H19F2NO/c1-4-5-6-7-12(2)16(20)9-8-14-15-11-17(21)13(3)10-18(15)22-19(14)23/h4-8,10-11,16H,1,9H2,2-3H3,(H,22,23)/b6-5-,12-7-,14-8+. The average molecular weight is 315 g/mol. The van der Waals surface area contributed by atoms with Crippen molar-refractivity contribution in [3.8, 4) is 0 Å². The fourth-order valence-corrected chi connectivity index (χ4v) is 2.32. The monoisotopic (exact) mass is 315 g/mol. The number of hydrogen-bond acceptors (Lipinski definition) is 1. The van der Waals surface area contributed by atoms with Gasteiger partial charge in [-0.2, -0.15) is 0 Å². The van der Waals surface area contributed by atoms with Crippen LogP contribution in [0, 0.1) is 12.7 Å². The molecule has 0 radical (unpaired) electrons. The molecule has 1 unspecified atom stereocenters. The molecule has 1 aromatic carbocycles. The predicted octanol–water partition coefficient (Wildman–Crippen LogP) is 4.89. The Bertz CT molecular complexity index is 729. The maximum atomic E-state index is 14.1. The third-order valence-corrected chi connectivity index (χ3v) is 3.71. The number of allylic oxidation sites excluding steroid dienone is 6. The largest absolute Gasteiger partial charge is 0.321 e. The van der Waals surface area contributed by atoms with Gasteiger partial charge in [0.15, 0.2) is 0 Å². The molecule has 1 N–H and O–H groups in total. The van der Waals surface area contributed by atoms with E-state index in [0.29, 0.717) is 28.0 Å². The molecule has 2 rings (SSSR count). The summed E-state index contributed by atoms with van der Waals surface area (Å²) in [5, 5.41) is 2.68. The van der Waals surface area contributed by atoms with E-state index in [2.05, 4.69) is 11.9 Å². The molecule has 0 saturated heterocycles. The van der Waals surface area contributed by atoms with Crippen molar-refractivity contribution in [2.75, 3.05) is 5.32 Å². The second-order valence-corrected chi connectivity index (χ2v) is 5.45. The minimum absolute atomic E-state index is 0.0575. The number of alkyl halides is 1. The summed E-state index contributed by atoms with van der Waals surface area (Å²) >= 11 is 0. The summed E-state index contributed by atoms with van der Waals surface area (Å²) in [6.07, 6.45) is 7.06. The molecule has 0 aliphatic carbocycles. The number of hydrogen-bond donors (Lipinski definition) is 1. The molecule has 1 amide bonds. The van der Waals surface area contributed by atoms with Gasteiger partial charge >= 0.3 is 0 Å². The van der Waals surface area contributed by atoms with Gasteiger partial charge in [-0.05, 0) is 37.1 Å². The molecule has 1 aromatic rings. The average Bonchev–Trinajstić information content (AvgIpc) is 2.80. The van der Waals surface area contributed by atoms with E-state index in [-0.39, 0.29) is 18.1 Å². The minimum Gasteiger partial charge on any atom is -0.321 e. The molecule has 0 spiro atoms. The first-order valence-corrected chi connectivity index (χ1v) is 7.36. The van der Waals surface area contributed by atoms with Crippen LogP contribution in [0.25, 0.3) is 5.57 Å². The van der Waals surface area contributed by atoms with E-state index in [1.54, 1.807) is 44.2 Å². The van der Waals surface area contributed by atoms with E-state index in [0.717, 1.165) is 0 Å². The number of aryl methyl sites for hydroxylation is 1. The summed E-state index contributed by atoms with van der Waals surface area (Å²) < 4.78 is 27.9. The Labute approximate surface area is 134 Å². The van der Waals surface area contributed by atoms with Gasteiger partial charge in [-0.3, -0.25) is 4.79 Å².